The van der Waals surface area contributed by atoms with E-state index in [1.807, 2.05) is 0 Å². The second kappa shape index (κ2) is 9.60. The van der Waals surface area contributed by atoms with Crippen molar-refractivity contribution in [1.29, 1.82) is 0 Å². The summed E-state index contributed by atoms with van der Waals surface area (Å²) in [7, 11) is 3.05. The van der Waals surface area contributed by atoms with Gasteiger partial charge in [0.15, 0.2) is 6.10 Å². The number of hydrogen-bond acceptors (Lipinski definition) is 7. The third kappa shape index (κ3) is 5.05. The molecule has 0 aromatic heterocycles. The topological polar surface area (TPSA) is 123 Å². The highest BCUT2D eigenvalue weighted by Crippen LogP contribution is 2.30. The zero-order valence-corrected chi connectivity index (χ0v) is 18.7. The van der Waals surface area contributed by atoms with Crippen molar-refractivity contribution in [2.75, 3.05) is 26.1 Å². The molecule has 4 amide bonds. The van der Waals surface area contributed by atoms with Crippen LogP contribution >= 0.6 is 0 Å². The third-order valence-electron chi connectivity index (χ3n) is 5.26. The summed E-state index contributed by atoms with van der Waals surface area (Å²) in [6.07, 6.45) is -1.15. The Balaban J connectivity index is 1.60. The molecule has 174 valence electrons. The van der Waals surface area contributed by atoms with Crippen LogP contribution in [0.2, 0.25) is 0 Å². The van der Waals surface area contributed by atoms with Crippen LogP contribution < -0.4 is 20.1 Å². The minimum absolute atomic E-state index is 0.494. The molecule has 1 fully saturated rings. The van der Waals surface area contributed by atoms with Gasteiger partial charge in [0.1, 0.15) is 23.6 Å². The van der Waals surface area contributed by atoms with Gasteiger partial charge in [-0.1, -0.05) is 12.1 Å². The largest absolute Gasteiger partial charge is 0.497 e. The lowest BCUT2D eigenvalue weighted by Gasteiger charge is -2.22. The lowest BCUT2D eigenvalue weighted by Crippen LogP contribution is -2.42. The van der Waals surface area contributed by atoms with E-state index in [0.29, 0.717) is 22.7 Å². The highest BCUT2D eigenvalue weighted by molar-refractivity contribution is 6.09. The number of urea groups is 1. The molecule has 0 spiro atoms. The maximum Gasteiger partial charge on any atom is 0.327 e. The molecule has 33 heavy (non-hydrogen) atoms. The molecule has 2 atom stereocenters. The number of nitrogens with zero attached hydrogens (tertiary/aromatic N) is 1. The lowest BCUT2D eigenvalue weighted by atomic mass is 9.92. The molecule has 2 aromatic carbocycles. The van der Waals surface area contributed by atoms with E-state index in [0.717, 1.165) is 4.90 Å². The summed E-state index contributed by atoms with van der Waals surface area (Å²) >= 11 is 0. The number of carbonyl (C=O) groups excluding carboxylic acids is 4. The standard InChI is InChI=1S/C23H25N3O7/c1-14(20(28)24-16-7-11-18(32-4)12-8-16)33-19(27)13-26-21(29)23(2,25-22(26)30)15-5-9-17(31-3)10-6-15/h5-12,14H,13H2,1-4H3,(H,24,28)(H,25,30)/t14-,23+/m0/s1. The van der Waals surface area contributed by atoms with Crippen molar-refractivity contribution in [2.24, 2.45) is 0 Å². The van der Waals surface area contributed by atoms with Crippen molar-refractivity contribution in [3.8, 4) is 11.5 Å². The molecule has 0 radical (unpaired) electrons. The van der Waals surface area contributed by atoms with Crippen LogP contribution in [0, 0.1) is 0 Å². The minimum Gasteiger partial charge on any atom is -0.497 e. The van der Waals surface area contributed by atoms with Gasteiger partial charge >= 0.3 is 12.0 Å². The predicted molar refractivity (Wildman–Crippen MR) is 118 cm³/mol. The van der Waals surface area contributed by atoms with Crippen LogP contribution in [0.5, 0.6) is 11.5 Å². The molecule has 0 unspecified atom stereocenters. The number of amides is 4. The summed E-state index contributed by atoms with van der Waals surface area (Å²) in [5.74, 6) is -0.835. The molecule has 2 N–H and O–H groups in total. The molecule has 2 aromatic rings. The van der Waals surface area contributed by atoms with E-state index in [-0.39, 0.29) is 0 Å². The summed E-state index contributed by atoms with van der Waals surface area (Å²) in [6, 6.07) is 12.5. The highest BCUT2D eigenvalue weighted by Gasteiger charge is 2.49. The van der Waals surface area contributed by atoms with E-state index < -0.39 is 42.0 Å². The number of ether oxygens (including phenoxy) is 3. The minimum atomic E-state index is -1.35. The monoisotopic (exact) mass is 455 g/mol. The molecule has 1 aliphatic rings. The number of imide groups is 1. The molecular formula is C23H25N3O7. The maximum atomic E-state index is 13.0. The van der Waals surface area contributed by atoms with Crippen LogP contribution in [0.3, 0.4) is 0 Å². The Hall–Kier alpha value is -4.08. The van der Waals surface area contributed by atoms with E-state index in [2.05, 4.69) is 10.6 Å². The second-order valence-electron chi connectivity index (χ2n) is 7.52. The SMILES string of the molecule is COc1ccc(NC(=O)[C@H](C)OC(=O)CN2C(=O)N[C@](C)(c3ccc(OC)cc3)C2=O)cc1. The number of anilines is 1. The van der Waals surface area contributed by atoms with Crippen LogP contribution in [-0.2, 0) is 24.7 Å². The molecule has 0 saturated carbocycles. The van der Waals surface area contributed by atoms with Gasteiger partial charge in [0.2, 0.25) is 0 Å². The van der Waals surface area contributed by atoms with Gasteiger partial charge in [-0.25, -0.2) is 4.79 Å². The number of benzene rings is 2. The number of rotatable bonds is 8. The summed E-state index contributed by atoms with van der Waals surface area (Å²) in [6.45, 7) is 2.31. The average molecular weight is 455 g/mol. The van der Waals surface area contributed by atoms with Crippen LogP contribution in [0.15, 0.2) is 48.5 Å². The van der Waals surface area contributed by atoms with Crippen molar-refractivity contribution in [3.63, 3.8) is 0 Å². The first kappa shape index (κ1) is 23.6. The smallest absolute Gasteiger partial charge is 0.327 e. The molecule has 0 aliphatic carbocycles. The molecule has 1 saturated heterocycles. The van der Waals surface area contributed by atoms with Gasteiger partial charge in [0.25, 0.3) is 11.8 Å². The third-order valence-corrected chi connectivity index (χ3v) is 5.26. The normalized spacial score (nSPS) is 18.4. The molecule has 10 nitrogen and oxygen atoms in total. The van der Waals surface area contributed by atoms with Crippen molar-refractivity contribution in [1.82, 2.24) is 10.2 Å². The van der Waals surface area contributed by atoms with Crippen molar-refractivity contribution in [2.45, 2.75) is 25.5 Å². The Kier molecular flexibility index (Phi) is 6.86. The van der Waals surface area contributed by atoms with E-state index in [9.17, 15) is 19.2 Å². The summed E-state index contributed by atoms with van der Waals surface area (Å²) in [5.41, 5.74) is -0.320. The van der Waals surface area contributed by atoms with Crippen LogP contribution in [0.25, 0.3) is 0 Å². The van der Waals surface area contributed by atoms with E-state index in [1.54, 1.807) is 55.5 Å². The average Bonchev–Trinajstić information content (AvgIpc) is 3.03. The fraction of sp³-hybridized carbons (Fsp3) is 0.304. The first-order valence-electron chi connectivity index (χ1n) is 10.1. The quantitative estimate of drug-likeness (QED) is 0.461. The highest BCUT2D eigenvalue weighted by atomic mass is 16.5. The maximum absolute atomic E-state index is 13.0. The van der Waals surface area contributed by atoms with E-state index >= 15 is 0 Å². The first-order valence-corrected chi connectivity index (χ1v) is 10.1. The van der Waals surface area contributed by atoms with Gasteiger partial charge < -0.3 is 24.8 Å². The van der Waals surface area contributed by atoms with Gasteiger partial charge in [-0.3, -0.25) is 19.3 Å². The number of nitrogens with one attached hydrogen (secondary N) is 2. The molecule has 0 bridgehead atoms. The molecule has 1 heterocycles. The second-order valence-corrected chi connectivity index (χ2v) is 7.52. The Labute approximate surface area is 190 Å². The van der Waals surface area contributed by atoms with Crippen LogP contribution in [0.4, 0.5) is 10.5 Å². The Bertz CT molecular complexity index is 1050. The van der Waals surface area contributed by atoms with Crippen LogP contribution in [0.1, 0.15) is 19.4 Å². The zero-order valence-electron chi connectivity index (χ0n) is 18.7. The zero-order chi connectivity index (χ0) is 24.2. The number of hydrogen-bond donors (Lipinski definition) is 2. The van der Waals surface area contributed by atoms with Crippen LogP contribution in [-0.4, -0.2) is 55.6 Å². The summed E-state index contributed by atoms with van der Waals surface area (Å²) in [4.78, 5) is 50.8. The first-order chi connectivity index (χ1) is 15.7. The van der Waals surface area contributed by atoms with E-state index in [4.69, 9.17) is 14.2 Å². The summed E-state index contributed by atoms with van der Waals surface area (Å²) in [5, 5.41) is 5.22. The van der Waals surface area contributed by atoms with Gasteiger partial charge in [-0.15, -0.1) is 0 Å². The summed E-state index contributed by atoms with van der Waals surface area (Å²) < 4.78 is 15.3. The van der Waals surface area contributed by atoms with Gasteiger partial charge in [-0.2, -0.15) is 0 Å². The lowest BCUT2D eigenvalue weighted by molar-refractivity contribution is -0.155. The number of methoxy groups -OCH3 is 2. The van der Waals surface area contributed by atoms with E-state index in [1.165, 1.54) is 21.1 Å². The molecule has 3 rings (SSSR count). The fourth-order valence-corrected chi connectivity index (χ4v) is 3.30. The Morgan fingerprint density at radius 1 is 1.00 bits per heavy atom. The number of carbonyl (C=O) groups is 4. The van der Waals surface area contributed by atoms with Gasteiger partial charge in [0.05, 0.1) is 14.2 Å². The fourth-order valence-electron chi connectivity index (χ4n) is 3.30. The Morgan fingerprint density at radius 2 is 1.55 bits per heavy atom. The van der Waals surface area contributed by atoms with Crippen molar-refractivity contribution >= 4 is 29.5 Å². The molecular weight excluding hydrogens is 430 g/mol. The molecule has 1 aliphatic heterocycles. The number of esters is 1. The van der Waals surface area contributed by atoms with Gasteiger partial charge in [-0.05, 0) is 55.8 Å². The molecule has 10 heteroatoms. The van der Waals surface area contributed by atoms with Crippen molar-refractivity contribution < 1.29 is 33.4 Å². The van der Waals surface area contributed by atoms with Gasteiger partial charge in [0, 0.05) is 5.69 Å². The predicted octanol–water partition coefficient (Wildman–Crippen LogP) is 2.04. The Morgan fingerprint density at radius 3 is 2.09 bits per heavy atom. The van der Waals surface area contributed by atoms with Crippen molar-refractivity contribution in [3.05, 3.63) is 54.1 Å².